The molecule has 112 valence electrons. The Labute approximate surface area is 128 Å². The summed E-state index contributed by atoms with van der Waals surface area (Å²) in [6, 6.07) is 8.08. The maximum Gasteiger partial charge on any atom is 0.243 e. The van der Waals surface area contributed by atoms with Gasteiger partial charge < -0.3 is 4.90 Å². The summed E-state index contributed by atoms with van der Waals surface area (Å²) in [7, 11) is 3.44. The predicted octanol–water partition coefficient (Wildman–Crippen LogP) is 1.89. The van der Waals surface area contributed by atoms with Gasteiger partial charge in [0.15, 0.2) is 5.65 Å². The van der Waals surface area contributed by atoms with E-state index in [0.717, 1.165) is 16.8 Å². The molecule has 6 nitrogen and oxygen atoms in total. The Balaban J connectivity index is 2.03. The Bertz CT molecular complexity index is 837. The van der Waals surface area contributed by atoms with Crippen LogP contribution in [0, 0.1) is 6.92 Å². The molecule has 0 saturated heterocycles. The van der Waals surface area contributed by atoms with E-state index >= 15 is 0 Å². The molecule has 3 rings (SSSR count). The van der Waals surface area contributed by atoms with Crippen LogP contribution in [-0.4, -0.2) is 44.7 Å². The fraction of sp³-hybridized carbons (Fsp3) is 0.250. The normalized spacial score (nSPS) is 10.9. The van der Waals surface area contributed by atoms with Gasteiger partial charge in [-0.1, -0.05) is 23.8 Å². The number of nitrogens with zero attached hydrogens (tertiary/aromatic N) is 5. The first-order valence-electron chi connectivity index (χ1n) is 7.00. The average molecular weight is 295 g/mol. The molecule has 22 heavy (non-hydrogen) atoms. The minimum Gasteiger partial charge on any atom is -0.347 e. The molecular weight excluding hydrogens is 278 g/mol. The first kappa shape index (κ1) is 14.2. The highest BCUT2D eigenvalue weighted by molar-refractivity contribution is 5.79. The fourth-order valence-electron chi connectivity index (χ4n) is 2.18. The number of hydrogen-bond donors (Lipinski definition) is 0. The molecule has 0 spiro atoms. The minimum atomic E-state index is -0.0345. The van der Waals surface area contributed by atoms with Crippen LogP contribution in [0.5, 0.6) is 0 Å². The second-order valence-electron chi connectivity index (χ2n) is 5.42. The lowest BCUT2D eigenvalue weighted by Gasteiger charge is -2.10. The van der Waals surface area contributed by atoms with Gasteiger partial charge in [0.05, 0.1) is 18.1 Å². The Morgan fingerprint density at radius 1 is 1.27 bits per heavy atom. The van der Waals surface area contributed by atoms with Crippen molar-refractivity contribution in [2.24, 2.45) is 0 Å². The molecule has 0 atom stereocenters. The zero-order valence-corrected chi connectivity index (χ0v) is 12.8. The van der Waals surface area contributed by atoms with Crippen molar-refractivity contribution in [3.05, 3.63) is 42.2 Å². The lowest BCUT2D eigenvalue weighted by molar-refractivity contribution is -0.129. The average Bonchev–Trinajstić information content (AvgIpc) is 2.89. The number of benzene rings is 1. The number of likely N-dealkylation sites (N-methyl/N-ethyl adjacent to an activating group) is 1. The van der Waals surface area contributed by atoms with Crippen molar-refractivity contribution in [2.45, 2.75) is 13.5 Å². The zero-order valence-electron chi connectivity index (χ0n) is 12.8. The van der Waals surface area contributed by atoms with Gasteiger partial charge in [-0.15, -0.1) is 0 Å². The van der Waals surface area contributed by atoms with Gasteiger partial charge in [0, 0.05) is 19.7 Å². The van der Waals surface area contributed by atoms with Crippen molar-refractivity contribution in [1.82, 2.24) is 24.6 Å². The number of amides is 1. The number of aromatic nitrogens is 4. The smallest absolute Gasteiger partial charge is 0.243 e. The summed E-state index contributed by atoms with van der Waals surface area (Å²) in [6.07, 6.45) is 3.36. The third-order valence-electron chi connectivity index (χ3n) is 3.44. The van der Waals surface area contributed by atoms with Crippen LogP contribution in [0.15, 0.2) is 36.7 Å². The van der Waals surface area contributed by atoms with E-state index < -0.39 is 0 Å². The van der Waals surface area contributed by atoms with Crippen LogP contribution in [0.3, 0.4) is 0 Å². The highest BCUT2D eigenvalue weighted by Crippen LogP contribution is 2.20. The van der Waals surface area contributed by atoms with Crippen LogP contribution in [-0.2, 0) is 11.3 Å². The molecule has 0 saturated carbocycles. The molecule has 1 aromatic carbocycles. The van der Waals surface area contributed by atoms with Crippen molar-refractivity contribution in [3.63, 3.8) is 0 Å². The van der Waals surface area contributed by atoms with Gasteiger partial charge >= 0.3 is 0 Å². The lowest BCUT2D eigenvalue weighted by atomic mass is 10.1. The Morgan fingerprint density at radius 2 is 2.09 bits per heavy atom. The van der Waals surface area contributed by atoms with Gasteiger partial charge in [0.25, 0.3) is 0 Å². The largest absolute Gasteiger partial charge is 0.347 e. The molecule has 2 aromatic heterocycles. The second-order valence-corrected chi connectivity index (χ2v) is 5.42. The maximum atomic E-state index is 11.9. The molecular formula is C16H17N5O. The van der Waals surface area contributed by atoms with Crippen molar-refractivity contribution in [2.75, 3.05) is 14.1 Å². The van der Waals surface area contributed by atoms with Crippen LogP contribution in [0.4, 0.5) is 0 Å². The molecule has 1 amide bonds. The molecule has 2 heterocycles. The number of fused-ring (bicyclic) bond motifs is 1. The van der Waals surface area contributed by atoms with Gasteiger partial charge in [-0.25, -0.2) is 14.6 Å². The van der Waals surface area contributed by atoms with Crippen molar-refractivity contribution < 1.29 is 4.79 Å². The van der Waals surface area contributed by atoms with E-state index in [4.69, 9.17) is 0 Å². The van der Waals surface area contributed by atoms with Gasteiger partial charge in [0.2, 0.25) is 5.91 Å². The quantitative estimate of drug-likeness (QED) is 0.740. The van der Waals surface area contributed by atoms with Gasteiger partial charge in [-0.05, 0) is 13.0 Å². The third-order valence-corrected chi connectivity index (χ3v) is 3.44. The van der Waals surface area contributed by atoms with Gasteiger partial charge in [-0.2, -0.15) is 5.10 Å². The van der Waals surface area contributed by atoms with Crippen LogP contribution >= 0.6 is 0 Å². The van der Waals surface area contributed by atoms with E-state index in [1.54, 1.807) is 31.2 Å². The summed E-state index contributed by atoms with van der Waals surface area (Å²) in [6.45, 7) is 2.19. The highest BCUT2D eigenvalue weighted by atomic mass is 16.2. The van der Waals surface area contributed by atoms with E-state index in [0.29, 0.717) is 11.2 Å². The van der Waals surface area contributed by atoms with Crippen LogP contribution in [0.1, 0.15) is 5.56 Å². The zero-order chi connectivity index (χ0) is 15.7. The first-order chi connectivity index (χ1) is 10.5. The van der Waals surface area contributed by atoms with Crippen LogP contribution < -0.4 is 0 Å². The van der Waals surface area contributed by atoms with E-state index in [-0.39, 0.29) is 12.5 Å². The highest BCUT2D eigenvalue weighted by Gasteiger charge is 2.12. The summed E-state index contributed by atoms with van der Waals surface area (Å²) >= 11 is 0. The number of hydrogen-bond acceptors (Lipinski definition) is 4. The van der Waals surface area contributed by atoms with Crippen molar-refractivity contribution >= 4 is 17.1 Å². The van der Waals surface area contributed by atoms with Crippen molar-refractivity contribution in [3.8, 4) is 11.3 Å². The number of carbonyl (C=O) groups excluding carboxylic acids is 1. The number of aryl methyl sites for hydroxylation is 1. The lowest BCUT2D eigenvalue weighted by Crippen LogP contribution is -2.26. The van der Waals surface area contributed by atoms with Gasteiger partial charge in [0.1, 0.15) is 12.1 Å². The molecule has 0 radical (unpaired) electrons. The molecule has 0 unspecified atom stereocenters. The molecule has 0 aliphatic carbocycles. The Kier molecular flexibility index (Phi) is 3.58. The minimum absolute atomic E-state index is 0.0345. The van der Waals surface area contributed by atoms with Crippen LogP contribution in [0.2, 0.25) is 0 Å². The first-order valence-corrected chi connectivity index (χ1v) is 7.00. The Morgan fingerprint density at radius 3 is 2.82 bits per heavy atom. The Hall–Kier alpha value is -2.76. The van der Waals surface area contributed by atoms with E-state index in [1.165, 1.54) is 4.90 Å². The van der Waals surface area contributed by atoms with Gasteiger partial charge in [-0.3, -0.25) is 4.79 Å². The summed E-state index contributed by atoms with van der Waals surface area (Å²) in [5.41, 5.74) is 4.24. The predicted molar refractivity (Wildman–Crippen MR) is 84.2 cm³/mol. The summed E-state index contributed by atoms with van der Waals surface area (Å²) in [4.78, 5) is 22.4. The van der Waals surface area contributed by atoms with E-state index in [2.05, 4.69) is 21.1 Å². The summed E-state index contributed by atoms with van der Waals surface area (Å²) in [5, 5.41) is 4.21. The monoisotopic (exact) mass is 295 g/mol. The van der Waals surface area contributed by atoms with E-state index in [9.17, 15) is 4.79 Å². The SMILES string of the molecule is Cc1cccc(-c2cnc3cnn(CC(=O)N(C)C)c3n2)c1. The topological polar surface area (TPSA) is 63.9 Å². The van der Waals surface area contributed by atoms with E-state index in [1.807, 2.05) is 25.1 Å². The second kappa shape index (κ2) is 5.55. The maximum absolute atomic E-state index is 11.9. The number of carbonyl (C=O) groups is 1. The van der Waals surface area contributed by atoms with Crippen LogP contribution in [0.25, 0.3) is 22.4 Å². The molecule has 0 N–H and O–H groups in total. The standard InChI is InChI=1S/C16H17N5O/c1-11-5-4-6-12(7-11)13-8-17-14-9-18-21(16(14)19-13)10-15(22)20(2)3/h4-9H,10H2,1-3H3. The molecule has 6 heteroatoms. The molecule has 0 bridgehead atoms. The molecule has 0 aliphatic rings. The molecule has 0 aliphatic heterocycles. The number of rotatable bonds is 3. The molecule has 0 fully saturated rings. The fourth-order valence-corrected chi connectivity index (χ4v) is 2.18. The third kappa shape index (κ3) is 2.67. The molecule has 3 aromatic rings. The summed E-state index contributed by atoms with van der Waals surface area (Å²) in [5.74, 6) is -0.0345. The van der Waals surface area contributed by atoms with Crippen molar-refractivity contribution in [1.29, 1.82) is 0 Å². The summed E-state index contributed by atoms with van der Waals surface area (Å²) < 4.78 is 1.59.